The molecular formula is C12H17N5O3. The molecule has 2 aliphatic rings. The third kappa shape index (κ3) is 2.11. The molecule has 20 heavy (non-hydrogen) atoms. The van der Waals surface area contributed by atoms with E-state index >= 15 is 0 Å². The van der Waals surface area contributed by atoms with Gasteiger partial charge in [-0.2, -0.15) is 5.10 Å². The number of primary amides is 1. The second kappa shape index (κ2) is 4.78. The monoisotopic (exact) mass is 279 g/mol. The number of H-pyrrole nitrogens is 1. The van der Waals surface area contributed by atoms with E-state index in [1.165, 1.54) is 4.90 Å². The molecule has 1 aliphatic heterocycles. The first-order valence-corrected chi connectivity index (χ1v) is 6.61. The Hall–Kier alpha value is -2.09. The van der Waals surface area contributed by atoms with Gasteiger partial charge in [0, 0.05) is 12.5 Å². The molecule has 2 heterocycles. The molecule has 1 saturated heterocycles. The van der Waals surface area contributed by atoms with Crippen molar-refractivity contribution in [3.05, 3.63) is 11.4 Å². The fraction of sp³-hybridized carbons (Fsp3) is 0.583. The Labute approximate surface area is 115 Å². The van der Waals surface area contributed by atoms with E-state index < -0.39 is 11.9 Å². The largest absolute Gasteiger partial charge is 0.395 e. The van der Waals surface area contributed by atoms with E-state index in [9.17, 15) is 9.59 Å². The van der Waals surface area contributed by atoms with Crippen LogP contribution >= 0.6 is 0 Å². The number of nitrogen functional groups attached to an aromatic ring is 1. The number of amides is 2. The summed E-state index contributed by atoms with van der Waals surface area (Å²) in [6.45, 7) is 0.785. The number of aromatic nitrogens is 2. The average molecular weight is 279 g/mol. The summed E-state index contributed by atoms with van der Waals surface area (Å²) in [7, 11) is 0. The second-order valence-electron chi connectivity index (χ2n) is 5.17. The van der Waals surface area contributed by atoms with Crippen molar-refractivity contribution < 1.29 is 14.3 Å². The normalized spacial score (nSPS) is 22.8. The van der Waals surface area contributed by atoms with Crippen molar-refractivity contribution in [2.45, 2.75) is 24.8 Å². The molecule has 1 saturated carbocycles. The number of morpholine rings is 1. The molecule has 0 bridgehead atoms. The smallest absolute Gasteiger partial charge is 0.277 e. The number of carbonyl (C=O) groups excluding carboxylic acids is 2. The van der Waals surface area contributed by atoms with Gasteiger partial charge in [0.15, 0.2) is 5.69 Å². The minimum absolute atomic E-state index is 0.112. The number of anilines is 1. The van der Waals surface area contributed by atoms with Crippen LogP contribution in [0.1, 0.15) is 34.9 Å². The third-order valence-corrected chi connectivity index (χ3v) is 3.74. The quantitative estimate of drug-likeness (QED) is 0.667. The molecule has 2 fully saturated rings. The Morgan fingerprint density at radius 2 is 2.15 bits per heavy atom. The third-order valence-electron chi connectivity index (χ3n) is 3.74. The Morgan fingerprint density at radius 1 is 1.40 bits per heavy atom. The zero-order valence-corrected chi connectivity index (χ0v) is 11.0. The maximum atomic E-state index is 12.5. The van der Waals surface area contributed by atoms with Crippen LogP contribution in [-0.4, -0.2) is 52.7 Å². The molecule has 0 aromatic carbocycles. The number of hydrogen-bond donors (Lipinski definition) is 3. The number of aromatic amines is 1. The fourth-order valence-electron chi connectivity index (χ4n) is 2.43. The lowest BCUT2D eigenvalue weighted by Crippen LogP contribution is -2.54. The summed E-state index contributed by atoms with van der Waals surface area (Å²) < 4.78 is 5.19. The van der Waals surface area contributed by atoms with E-state index in [2.05, 4.69) is 10.2 Å². The van der Waals surface area contributed by atoms with Crippen molar-refractivity contribution in [1.29, 1.82) is 0 Å². The van der Waals surface area contributed by atoms with Crippen LogP contribution < -0.4 is 11.5 Å². The topological polar surface area (TPSA) is 127 Å². The molecule has 8 nitrogen and oxygen atoms in total. The zero-order valence-electron chi connectivity index (χ0n) is 11.0. The van der Waals surface area contributed by atoms with E-state index in [0.717, 1.165) is 18.5 Å². The highest BCUT2D eigenvalue weighted by molar-refractivity contribution is 6.00. The molecule has 1 aromatic heterocycles. The molecule has 0 spiro atoms. The number of carbonyl (C=O) groups is 2. The summed E-state index contributed by atoms with van der Waals surface area (Å²) in [4.78, 5) is 25.3. The minimum atomic E-state index is -0.767. The molecule has 108 valence electrons. The van der Waals surface area contributed by atoms with Gasteiger partial charge in [-0.1, -0.05) is 0 Å². The predicted octanol–water partition coefficient (Wildman–Crippen LogP) is -0.804. The summed E-state index contributed by atoms with van der Waals surface area (Å²) in [5.41, 5.74) is 12.7. The summed E-state index contributed by atoms with van der Waals surface area (Å²) >= 11 is 0. The van der Waals surface area contributed by atoms with E-state index in [4.69, 9.17) is 16.2 Å². The summed E-state index contributed by atoms with van der Waals surface area (Å²) in [6.07, 6.45) is 2.11. The first-order valence-electron chi connectivity index (χ1n) is 6.61. The van der Waals surface area contributed by atoms with Crippen LogP contribution in [0.4, 0.5) is 5.69 Å². The van der Waals surface area contributed by atoms with Crippen molar-refractivity contribution in [1.82, 2.24) is 15.1 Å². The van der Waals surface area contributed by atoms with Crippen LogP contribution in [0.15, 0.2) is 0 Å². The highest BCUT2D eigenvalue weighted by Gasteiger charge is 2.36. The fourth-order valence-corrected chi connectivity index (χ4v) is 2.43. The van der Waals surface area contributed by atoms with Gasteiger partial charge in [0.2, 0.25) is 5.91 Å². The molecule has 8 heteroatoms. The van der Waals surface area contributed by atoms with Crippen molar-refractivity contribution in [3.63, 3.8) is 0 Å². The van der Waals surface area contributed by atoms with Gasteiger partial charge in [0.05, 0.1) is 24.6 Å². The molecule has 1 atom stereocenters. The van der Waals surface area contributed by atoms with Crippen LogP contribution in [0.5, 0.6) is 0 Å². The van der Waals surface area contributed by atoms with Crippen LogP contribution in [0, 0.1) is 0 Å². The Balaban J connectivity index is 1.85. The lowest BCUT2D eigenvalue weighted by Gasteiger charge is -2.33. The van der Waals surface area contributed by atoms with Crippen molar-refractivity contribution in [3.8, 4) is 0 Å². The maximum absolute atomic E-state index is 12.5. The van der Waals surface area contributed by atoms with E-state index in [1.54, 1.807) is 0 Å². The maximum Gasteiger partial charge on any atom is 0.277 e. The number of ether oxygens (including phenoxy) is 1. The first kappa shape index (κ1) is 12.9. The van der Waals surface area contributed by atoms with Crippen molar-refractivity contribution in [2.75, 3.05) is 25.5 Å². The lowest BCUT2D eigenvalue weighted by molar-refractivity contribution is -0.127. The number of nitrogens with zero attached hydrogens (tertiary/aromatic N) is 2. The molecule has 3 rings (SSSR count). The number of hydrogen-bond acceptors (Lipinski definition) is 5. The molecular weight excluding hydrogens is 262 g/mol. The van der Waals surface area contributed by atoms with Gasteiger partial charge in [-0.05, 0) is 12.8 Å². The van der Waals surface area contributed by atoms with Gasteiger partial charge in [-0.15, -0.1) is 0 Å². The molecule has 2 amide bonds. The summed E-state index contributed by atoms with van der Waals surface area (Å²) in [5.74, 6) is -0.590. The van der Waals surface area contributed by atoms with Crippen LogP contribution in [-0.2, 0) is 9.53 Å². The van der Waals surface area contributed by atoms with Gasteiger partial charge in [0.1, 0.15) is 6.04 Å². The Kier molecular flexibility index (Phi) is 3.09. The van der Waals surface area contributed by atoms with Gasteiger partial charge in [-0.3, -0.25) is 14.7 Å². The first-order chi connectivity index (χ1) is 9.59. The highest BCUT2D eigenvalue weighted by atomic mass is 16.5. The van der Waals surface area contributed by atoms with E-state index in [-0.39, 0.29) is 18.2 Å². The van der Waals surface area contributed by atoms with Crippen molar-refractivity contribution in [2.24, 2.45) is 5.73 Å². The van der Waals surface area contributed by atoms with Crippen LogP contribution in [0.25, 0.3) is 0 Å². The van der Waals surface area contributed by atoms with E-state index in [0.29, 0.717) is 24.8 Å². The number of rotatable bonds is 3. The predicted molar refractivity (Wildman–Crippen MR) is 69.8 cm³/mol. The second-order valence-corrected chi connectivity index (χ2v) is 5.17. The highest BCUT2D eigenvalue weighted by Crippen LogP contribution is 2.42. The van der Waals surface area contributed by atoms with Gasteiger partial charge in [0.25, 0.3) is 5.91 Å². The van der Waals surface area contributed by atoms with Gasteiger partial charge < -0.3 is 21.1 Å². The lowest BCUT2D eigenvalue weighted by atomic mass is 10.1. The molecule has 1 aromatic rings. The number of nitrogens with one attached hydrogen (secondary N) is 1. The SMILES string of the molecule is NC(=O)C1COCCN1C(=O)c1n[nH]c(C2CC2)c1N. The van der Waals surface area contributed by atoms with Gasteiger partial charge >= 0.3 is 0 Å². The zero-order chi connectivity index (χ0) is 14.3. The van der Waals surface area contributed by atoms with E-state index in [1.807, 2.05) is 0 Å². The molecule has 1 unspecified atom stereocenters. The average Bonchev–Trinajstić information content (AvgIpc) is 3.21. The number of nitrogens with two attached hydrogens (primary N) is 2. The Bertz CT molecular complexity index is 551. The molecule has 5 N–H and O–H groups in total. The van der Waals surface area contributed by atoms with Crippen molar-refractivity contribution >= 4 is 17.5 Å². The minimum Gasteiger partial charge on any atom is -0.395 e. The van der Waals surface area contributed by atoms with Gasteiger partial charge in [-0.25, -0.2) is 0 Å². The Morgan fingerprint density at radius 3 is 2.80 bits per heavy atom. The van der Waals surface area contributed by atoms with Crippen LogP contribution in [0.2, 0.25) is 0 Å². The summed E-state index contributed by atoms with van der Waals surface area (Å²) in [5, 5.41) is 6.84. The summed E-state index contributed by atoms with van der Waals surface area (Å²) in [6, 6.07) is -0.767. The standard InChI is InChI=1S/C12H17N5O3/c13-8-9(6-1-2-6)15-16-10(8)12(19)17-3-4-20-5-7(17)11(14)18/h6-7H,1-5,13H2,(H2,14,18)(H,15,16). The van der Waals surface area contributed by atoms with Crippen LogP contribution in [0.3, 0.4) is 0 Å². The molecule has 0 radical (unpaired) electrons. The molecule has 1 aliphatic carbocycles.